The number of nitriles is 1. The number of anilines is 2. The maximum absolute atomic E-state index is 15.6. The van der Waals surface area contributed by atoms with Crippen LogP contribution < -0.4 is 16.2 Å². The van der Waals surface area contributed by atoms with Crippen molar-refractivity contribution in [3.05, 3.63) is 76.4 Å². The van der Waals surface area contributed by atoms with E-state index in [2.05, 4.69) is 25.3 Å². The number of hydrogen-bond donors (Lipinski definition) is 1. The number of halogens is 2. The van der Waals surface area contributed by atoms with E-state index < -0.39 is 22.2 Å². The third-order valence-corrected chi connectivity index (χ3v) is 6.43. The minimum absolute atomic E-state index is 0.0659. The molecule has 0 amide bonds. The van der Waals surface area contributed by atoms with Gasteiger partial charge in [0.05, 0.1) is 33.8 Å². The topological polar surface area (TPSA) is 118 Å². The maximum atomic E-state index is 15.6. The van der Waals surface area contributed by atoms with E-state index in [0.29, 0.717) is 5.69 Å². The number of rotatable bonds is 3. The molecule has 4 heterocycles. The summed E-state index contributed by atoms with van der Waals surface area (Å²) in [5, 5.41) is 12.7. The van der Waals surface area contributed by atoms with E-state index in [1.807, 2.05) is 6.07 Å². The second-order valence-corrected chi connectivity index (χ2v) is 9.20. The third-order valence-electron chi connectivity index (χ3n) is 5.76. The summed E-state index contributed by atoms with van der Waals surface area (Å²) in [7, 11) is 3.71. The van der Waals surface area contributed by atoms with Crippen molar-refractivity contribution in [1.82, 2.24) is 24.1 Å². The fraction of sp³-hybridized carbons (Fsp3) is 0.227. The van der Waals surface area contributed by atoms with Crippen LogP contribution in [0.4, 0.5) is 20.5 Å². The van der Waals surface area contributed by atoms with Crippen molar-refractivity contribution in [1.29, 1.82) is 5.26 Å². The van der Waals surface area contributed by atoms with Gasteiger partial charge < -0.3 is 10.6 Å². The minimum atomic E-state index is -1.77. The SMILES string of the molecule is CC1(F)CN(c2nc(N)ncc2C#N)C([Si])(c2nn3ccc(F)c3c(=O)n2-c2ccccc2)C1. The van der Waals surface area contributed by atoms with Crippen molar-refractivity contribution in [3.63, 3.8) is 0 Å². The molecular formula is C22H17F2N8OSi. The van der Waals surface area contributed by atoms with Crippen molar-refractivity contribution in [2.24, 2.45) is 0 Å². The van der Waals surface area contributed by atoms with Crippen LogP contribution in [0.1, 0.15) is 24.7 Å². The summed E-state index contributed by atoms with van der Waals surface area (Å²) < 4.78 is 32.5. The lowest BCUT2D eigenvalue weighted by atomic mass is 10.0. The van der Waals surface area contributed by atoms with Gasteiger partial charge in [-0.25, -0.2) is 18.3 Å². The number of fused-ring (bicyclic) bond motifs is 1. The van der Waals surface area contributed by atoms with E-state index in [0.717, 1.165) is 10.6 Å². The highest BCUT2D eigenvalue weighted by molar-refractivity contribution is 6.17. The van der Waals surface area contributed by atoms with Crippen molar-refractivity contribution in [2.75, 3.05) is 17.2 Å². The first-order valence-corrected chi connectivity index (χ1v) is 10.7. The molecule has 1 saturated heterocycles. The van der Waals surface area contributed by atoms with Gasteiger partial charge in [-0.3, -0.25) is 9.36 Å². The van der Waals surface area contributed by atoms with E-state index in [9.17, 15) is 14.4 Å². The molecule has 0 saturated carbocycles. The molecule has 4 aromatic rings. The predicted octanol–water partition coefficient (Wildman–Crippen LogP) is 1.83. The molecule has 1 fully saturated rings. The Kier molecular flexibility index (Phi) is 4.76. The van der Waals surface area contributed by atoms with Crippen molar-refractivity contribution in [3.8, 4) is 11.8 Å². The molecule has 9 nitrogen and oxygen atoms in total. The Bertz CT molecular complexity index is 1530. The summed E-state index contributed by atoms with van der Waals surface area (Å²) >= 11 is 0. The minimum Gasteiger partial charge on any atom is -0.368 e. The molecule has 1 aliphatic rings. The summed E-state index contributed by atoms with van der Waals surface area (Å²) in [4.78, 5) is 23.1. The maximum Gasteiger partial charge on any atom is 0.285 e. The Morgan fingerprint density at radius 2 is 2.00 bits per heavy atom. The van der Waals surface area contributed by atoms with Gasteiger partial charge in [-0.15, -0.1) is 0 Å². The number of hydrogen-bond acceptors (Lipinski definition) is 7. The number of nitrogens with two attached hydrogens (primary N) is 1. The second kappa shape index (κ2) is 7.46. The van der Waals surface area contributed by atoms with E-state index in [1.165, 1.54) is 28.8 Å². The molecule has 2 N–H and O–H groups in total. The Morgan fingerprint density at radius 1 is 1.26 bits per heavy atom. The molecule has 2 atom stereocenters. The van der Waals surface area contributed by atoms with Crippen LogP contribution >= 0.6 is 0 Å². The van der Waals surface area contributed by atoms with Gasteiger partial charge in [0, 0.05) is 12.6 Å². The molecule has 3 radical (unpaired) electrons. The zero-order valence-electron chi connectivity index (χ0n) is 17.9. The summed E-state index contributed by atoms with van der Waals surface area (Å²) in [5.74, 6) is -0.678. The Hall–Kier alpha value is -4.11. The van der Waals surface area contributed by atoms with E-state index >= 15 is 4.39 Å². The number of alkyl halides is 1. The van der Waals surface area contributed by atoms with Crippen LogP contribution in [-0.2, 0) is 5.16 Å². The predicted molar refractivity (Wildman–Crippen MR) is 121 cm³/mol. The first-order valence-electron chi connectivity index (χ1n) is 10.2. The van der Waals surface area contributed by atoms with E-state index in [-0.39, 0.29) is 41.6 Å². The van der Waals surface area contributed by atoms with Gasteiger partial charge in [-0.2, -0.15) is 15.3 Å². The number of aromatic nitrogens is 5. The molecule has 12 heteroatoms. The summed E-state index contributed by atoms with van der Waals surface area (Å²) in [6.07, 6.45) is 2.40. The van der Waals surface area contributed by atoms with Gasteiger partial charge >= 0.3 is 0 Å². The van der Waals surface area contributed by atoms with Crippen LogP contribution in [0.15, 0.2) is 53.6 Å². The zero-order valence-corrected chi connectivity index (χ0v) is 18.9. The molecule has 1 aliphatic heterocycles. The largest absolute Gasteiger partial charge is 0.368 e. The lowest BCUT2D eigenvalue weighted by Gasteiger charge is -2.36. The van der Waals surface area contributed by atoms with Crippen molar-refractivity contribution >= 4 is 27.5 Å². The number of para-hydroxylation sites is 1. The zero-order chi connectivity index (χ0) is 24.3. The van der Waals surface area contributed by atoms with Crippen molar-refractivity contribution < 1.29 is 8.78 Å². The molecule has 3 aromatic heterocycles. The highest BCUT2D eigenvalue weighted by Gasteiger charge is 2.54. The lowest BCUT2D eigenvalue weighted by Crippen LogP contribution is -2.48. The quantitative estimate of drug-likeness (QED) is 0.449. The summed E-state index contributed by atoms with van der Waals surface area (Å²) in [6.45, 7) is 1.21. The molecule has 0 aliphatic carbocycles. The van der Waals surface area contributed by atoms with Gasteiger partial charge in [-0.1, -0.05) is 18.2 Å². The van der Waals surface area contributed by atoms with Gasteiger partial charge in [0.25, 0.3) is 5.56 Å². The summed E-state index contributed by atoms with van der Waals surface area (Å²) in [6, 6.07) is 11.7. The standard InChI is InChI=1S/C22H17F2N8OSi/c1-21(24)11-22(34,30(12-21)17-13(9-25)10-27-20(26)28-17)19-29-31-8-7-15(23)16(31)18(33)32(19)14-5-3-2-4-6-14/h2-8,10H,11-12H2,1H3,(H2,26,27,28). The fourth-order valence-electron chi connectivity index (χ4n) is 4.39. The van der Waals surface area contributed by atoms with Crippen LogP contribution in [-0.4, -0.2) is 46.6 Å². The van der Waals surface area contributed by atoms with E-state index in [1.54, 1.807) is 30.3 Å². The first-order chi connectivity index (χ1) is 16.1. The molecule has 5 rings (SSSR count). The van der Waals surface area contributed by atoms with Gasteiger partial charge in [0.2, 0.25) is 5.95 Å². The monoisotopic (exact) mass is 475 g/mol. The first kappa shape index (κ1) is 21.7. The molecule has 0 bridgehead atoms. The van der Waals surface area contributed by atoms with Gasteiger partial charge in [-0.05, 0) is 25.1 Å². The highest BCUT2D eigenvalue weighted by atomic mass is 28.1. The Morgan fingerprint density at radius 3 is 2.71 bits per heavy atom. The Balaban J connectivity index is 1.86. The third kappa shape index (κ3) is 3.24. The normalized spacial score (nSPS) is 22.3. The molecular weight excluding hydrogens is 458 g/mol. The van der Waals surface area contributed by atoms with E-state index in [4.69, 9.17) is 5.73 Å². The number of nitrogen functional groups attached to an aromatic ring is 1. The summed E-state index contributed by atoms with van der Waals surface area (Å²) in [5.41, 5.74) is 3.56. The molecule has 1 aromatic carbocycles. The van der Waals surface area contributed by atoms with Crippen LogP contribution in [0, 0.1) is 17.1 Å². The smallest absolute Gasteiger partial charge is 0.285 e. The molecule has 34 heavy (non-hydrogen) atoms. The molecule has 2 unspecified atom stereocenters. The van der Waals surface area contributed by atoms with Gasteiger partial charge in [0.1, 0.15) is 17.3 Å². The fourth-order valence-corrected chi connectivity index (χ4v) is 5.11. The average Bonchev–Trinajstić information content (AvgIpc) is 3.30. The Labute approximate surface area is 195 Å². The van der Waals surface area contributed by atoms with Gasteiger partial charge in [0.15, 0.2) is 23.0 Å². The lowest BCUT2D eigenvalue weighted by molar-refractivity contribution is 0.210. The number of nitrogens with zero attached hydrogens (tertiary/aromatic N) is 7. The van der Waals surface area contributed by atoms with Crippen LogP contribution in [0.5, 0.6) is 0 Å². The van der Waals surface area contributed by atoms with Crippen LogP contribution in [0.2, 0.25) is 0 Å². The van der Waals surface area contributed by atoms with Crippen LogP contribution in [0.3, 0.4) is 0 Å². The second-order valence-electron chi connectivity index (χ2n) is 8.37. The highest BCUT2D eigenvalue weighted by Crippen LogP contribution is 2.45. The van der Waals surface area contributed by atoms with Crippen molar-refractivity contribution in [2.45, 2.75) is 24.2 Å². The average molecular weight is 476 g/mol. The molecule has 0 spiro atoms. The van der Waals surface area contributed by atoms with Crippen LogP contribution in [0.25, 0.3) is 11.2 Å². The molecule has 169 valence electrons. The number of benzene rings is 1.